The SMILES string of the molecule is Cc1ncc(Cl)cc1C(=O)NC1CCC(Cn2c(=O)n(-c3ccncc3)c3ccccc32)CC1. The minimum absolute atomic E-state index is 0.0354. The highest BCUT2D eigenvalue weighted by Crippen LogP contribution is 2.27. The maximum atomic E-state index is 13.4. The molecular formula is C26H26ClN5O2. The fourth-order valence-electron chi connectivity index (χ4n) is 4.88. The Morgan fingerprint density at radius 3 is 2.53 bits per heavy atom. The third kappa shape index (κ3) is 4.35. The Labute approximate surface area is 202 Å². The number of pyridine rings is 2. The molecule has 174 valence electrons. The van der Waals surface area contributed by atoms with Crippen molar-refractivity contribution < 1.29 is 4.79 Å². The fraction of sp³-hybridized carbons (Fsp3) is 0.308. The number of hydrogen-bond acceptors (Lipinski definition) is 4. The molecule has 5 rings (SSSR count). The summed E-state index contributed by atoms with van der Waals surface area (Å²) in [6.07, 6.45) is 8.58. The second-order valence-electron chi connectivity index (χ2n) is 8.90. The van der Waals surface area contributed by atoms with E-state index in [-0.39, 0.29) is 17.6 Å². The maximum absolute atomic E-state index is 13.4. The van der Waals surface area contributed by atoms with Gasteiger partial charge in [0.25, 0.3) is 5.91 Å². The lowest BCUT2D eigenvalue weighted by Crippen LogP contribution is -2.39. The van der Waals surface area contributed by atoms with Gasteiger partial charge in [0.05, 0.1) is 33.0 Å². The summed E-state index contributed by atoms with van der Waals surface area (Å²) < 4.78 is 3.64. The van der Waals surface area contributed by atoms with E-state index in [1.165, 1.54) is 0 Å². The predicted molar refractivity (Wildman–Crippen MR) is 133 cm³/mol. The van der Waals surface area contributed by atoms with E-state index in [0.717, 1.165) is 42.4 Å². The molecule has 1 aromatic carbocycles. The van der Waals surface area contributed by atoms with E-state index in [1.54, 1.807) is 29.2 Å². The second-order valence-corrected chi connectivity index (χ2v) is 9.34. The number of halogens is 1. The first-order valence-corrected chi connectivity index (χ1v) is 11.9. The molecule has 1 fully saturated rings. The lowest BCUT2D eigenvalue weighted by Gasteiger charge is -2.29. The first-order chi connectivity index (χ1) is 16.5. The van der Waals surface area contributed by atoms with Crippen molar-refractivity contribution in [3.63, 3.8) is 0 Å². The Hall–Kier alpha value is -3.45. The number of imidazole rings is 1. The van der Waals surface area contributed by atoms with Crippen LogP contribution in [0.2, 0.25) is 5.02 Å². The van der Waals surface area contributed by atoms with Crippen LogP contribution in [-0.2, 0) is 6.54 Å². The molecule has 0 bridgehead atoms. The molecule has 1 aliphatic rings. The monoisotopic (exact) mass is 475 g/mol. The van der Waals surface area contributed by atoms with Crippen molar-refractivity contribution in [1.82, 2.24) is 24.4 Å². The summed E-state index contributed by atoms with van der Waals surface area (Å²) in [6.45, 7) is 2.47. The Bertz CT molecular complexity index is 1390. The number of nitrogens with zero attached hydrogens (tertiary/aromatic N) is 4. The normalized spacial score (nSPS) is 18.2. The molecular weight excluding hydrogens is 450 g/mol. The number of aryl methyl sites for hydroxylation is 1. The van der Waals surface area contributed by atoms with Gasteiger partial charge in [-0.3, -0.25) is 23.9 Å². The van der Waals surface area contributed by atoms with E-state index in [1.807, 2.05) is 47.9 Å². The molecule has 0 radical (unpaired) electrons. The van der Waals surface area contributed by atoms with Gasteiger partial charge in [-0.15, -0.1) is 0 Å². The highest BCUT2D eigenvalue weighted by molar-refractivity contribution is 6.30. The van der Waals surface area contributed by atoms with Gasteiger partial charge in [0, 0.05) is 31.2 Å². The van der Waals surface area contributed by atoms with Gasteiger partial charge in [-0.2, -0.15) is 0 Å². The summed E-state index contributed by atoms with van der Waals surface area (Å²) >= 11 is 6.02. The number of rotatable bonds is 5. The molecule has 1 amide bonds. The zero-order chi connectivity index (χ0) is 23.7. The Kier molecular flexibility index (Phi) is 6.20. The smallest absolute Gasteiger partial charge is 0.333 e. The van der Waals surface area contributed by atoms with Crippen molar-refractivity contribution in [2.75, 3.05) is 0 Å². The highest BCUT2D eigenvalue weighted by atomic mass is 35.5. The van der Waals surface area contributed by atoms with Crippen LogP contribution in [0.5, 0.6) is 0 Å². The summed E-state index contributed by atoms with van der Waals surface area (Å²) in [6, 6.07) is 13.4. The van der Waals surface area contributed by atoms with Crippen LogP contribution >= 0.6 is 11.6 Å². The zero-order valence-corrected chi connectivity index (χ0v) is 19.7. The minimum atomic E-state index is -0.132. The molecule has 0 spiro atoms. The molecule has 1 aliphatic carbocycles. The van der Waals surface area contributed by atoms with Crippen molar-refractivity contribution in [3.05, 3.63) is 87.8 Å². The van der Waals surface area contributed by atoms with E-state index < -0.39 is 0 Å². The summed E-state index contributed by atoms with van der Waals surface area (Å²) in [7, 11) is 0. The van der Waals surface area contributed by atoms with Crippen molar-refractivity contribution in [1.29, 1.82) is 0 Å². The molecule has 0 aliphatic heterocycles. The molecule has 0 unspecified atom stereocenters. The molecule has 1 N–H and O–H groups in total. The molecule has 3 aromatic heterocycles. The third-order valence-electron chi connectivity index (χ3n) is 6.68. The molecule has 0 saturated heterocycles. The van der Waals surface area contributed by atoms with Gasteiger partial charge in [-0.1, -0.05) is 23.7 Å². The second kappa shape index (κ2) is 9.43. The minimum Gasteiger partial charge on any atom is -0.349 e. The van der Waals surface area contributed by atoms with Crippen LogP contribution in [0.15, 0.2) is 65.8 Å². The Balaban J connectivity index is 1.30. The number of nitrogens with one attached hydrogen (secondary N) is 1. The summed E-state index contributed by atoms with van der Waals surface area (Å²) in [4.78, 5) is 34.4. The number of para-hydroxylation sites is 2. The molecule has 4 aromatic rings. The van der Waals surface area contributed by atoms with Gasteiger partial charge in [-0.05, 0) is 68.9 Å². The first-order valence-electron chi connectivity index (χ1n) is 11.5. The third-order valence-corrected chi connectivity index (χ3v) is 6.88. The van der Waals surface area contributed by atoms with Crippen molar-refractivity contribution in [3.8, 4) is 5.69 Å². The number of carbonyl (C=O) groups excluding carboxylic acids is 1. The van der Waals surface area contributed by atoms with E-state index in [0.29, 0.717) is 28.7 Å². The summed E-state index contributed by atoms with van der Waals surface area (Å²) in [5, 5.41) is 3.59. The average Bonchev–Trinajstić information content (AvgIpc) is 3.13. The molecule has 1 saturated carbocycles. The van der Waals surface area contributed by atoms with Crippen LogP contribution in [0.3, 0.4) is 0 Å². The van der Waals surface area contributed by atoms with Crippen molar-refractivity contribution in [2.24, 2.45) is 5.92 Å². The molecule has 8 heteroatoms. The number of hydrogen-bond donors (Lipinski definition) is 1. The van der Waals surface area contributed by atoms with Crippen LogP contribution < -0.4 is 11.0 Å². The standard InChI is InChI=1S/C26H26ClN5O2/c1-17-22(14-19(27)15-29-17)25(33)30-20-8-6-18(7-9-20)16-31-23-4-2-3-5-24(23)32(26(31)34)21-10-12-28-13-11-21/h2-5,10-15,18,20H,6-9,16H2,1H3,(H,30,33). The molecule has 7 nitrogen and oxygen atoms in total. The van der Waals surface area contributed by atoms with E-state index in [4.69, 9.17) is 11.6 Å². The van der Waals surface area contributed by atoms with Crippen molar-refractivity contribution >= 4 is 28.5 Å². The van der Waals surface area contributed by atoms with Gasteiger partial charge >= 0.3 is 5.69 Å². The largest absolute Gasteiger partial charge is 0.349 e. The van der Waals surface area contributed by atoms with Gasteiger partial charge in [0.1, 0.15) is 0 Å². The Morgan fingerprint density at radius 1 is 1.09 bits per heavy atom. The van der Waals surface area contributed by atoms with Gasteiger partial charge in [0.15, 0.2) is 0 Å². The van der Waals surface area contributed by atoms with Crippen LogP contribution in [-0.4, -0.2) is 31.1 Å². The average molecular weight is 476 g/mol. The maximum Gasteiger partial charge on any atom is 0.333 e. The fourth-order valence-corrected chi connectivity index (χ4v) is 5.03. The lowest BCUT2D eigenvalue weighted by atomic mass is 9.85. The predicted octanol–water partition coefficient (Wildman–Crippen LogP) is 4.53. The van der Waals surface area contributed by atoms with Crippen LogP contribution in [0, 0.1) is 12.8 Å². The summed E-state index contributed by atoms with van der Waals surface area (Å²) in [5.74, 6) is 0.240. The van der Waals surface area contributed by atoms with Crippen molar-refractivity contribution in [2.45, 2.75) is 45.2 Å². The van der Waals surface area contributed by atoms with Crippen LogP contribution in [0.1, 0.15) is 41.7 Å². The number of carbonyl (C=O) groups is 1. The van der Waals surface area contributed by atoms with Crippen LogP contribution in [0.25, 0.3) is 16.7 Å². The number of benzene rings is 1. The quantitative estimate of drug-likeness (QED) is 0.459. The highest BCUT2D eigenvalue weighted by Gasteiger charge is 2.25. The molecule has 3 heterocycles. The van der Waals surface area contributed by atoms with Gasteiger partial charge < -0.3 is 5.32 Å². The number of aromatic nitrogens is 4. The first kappa shape index (κ1) is 22.3. The Morgan fingerprint density at radius 2 is 1.79 bits per heavy atom. The molecule has 0 atom stereocenters. The van der Waals surface area contributed by atoms with Crippen LogP contribution in [0.4, 0.5) is 0 Å². The van der Waals surface area contributed by atoms with Gasteiger partial charge in [0.2, 0.25) is 0 Å². The number of amides is 1. The molecule has 34 heavy (non-hydrogen) atoms. The summed E-state index contributed by atoms with van der Waals surface area (Å²) in [5.41, 5.74) is 3.79. The van der Waals surface area contributed by atoms with E-state index >= 15 is 0 Å². The van der Waals surface area contributed by atoms with Gasteiger partial charge in [-0.25, -0.2) is 4.79 Å². The number of fused-ring (bicyclic) bond motifs is 1. The van der Waals surface area contributed by atoms with E-state index in [9.17, 15) is 9.59 Å². The van der Waals surface area contributed by atoms with E-state index in [2.05, 4.69) is 15.3 Å². The lowest BCUT2D eigenvalue weighted by molar-refractivity contribution is 0.0919. The topological polar surface area (TPSA) is 81.8 Å². The zero-order valence-electron chi connectivity index (χ0n) is 18.9.